The predicted molar refractivity (Wildman–Crippen MR) is 145 cm³/mol. The van der Waals surface area contributed by atoms with Crippen LogP contribution in [0.15, 0.2) is 12.2 Å². The molecule has 2 heteroatoms. The van der Waals surface area contributed by atoms with Gasteiger partial charge in [-0.25, -0.2) is 0 Å². The summed E-state index contributed by atoms with van der Waals surface area (Å²) in [5.74, 6) is 3.80. The van der Waals surface area contributed by atoms with Crippen LogP contribution in [0.5, 0.6) is 0 Å². The van der Waals surface area contributed by atoms with Gasteiger partial charge in [0.1, 0.15) is 6.10 Å². The van der Waals surface area contributed by atoms with E-state index in [1.54, 1.807) is 6.92 Å². The first-order chi connectivity index (χ1) is 16.3. The van der Waals surface area contributed by atoms with E-state index in [0.29, 0.717) is 27.6 Å². The summed E-state index contributed by atoms with van der Waals surface area (Å²) < 4.78 is 5.91. The number of hydrogen-bond acceptors (Lipinski definition) is 2. The second kappa shape index (κ2) is 8.10. The molecule has 5 fully saturated rings. The molecule has 0 aromatic heterocycles. The Morgan fingerprint density at radius 2 is 1.54 bits per heavy atom. The molecule has 5 aliphatic carbocycles. The Balaban J connectivity index is 1.37. The Bertz CT molecular complexity index is 886. The van der Waals surface area contributed by atoms with Crippen LogP contribution < -0.4 is 0 Å². The molecule has 0 aromatic rings. The quantitative estimate of drug-likeness (QED) is 0.279. The molecule has 0 amide bonds. The highest BCUT2D eigenvalue weighted by molar-refractivity contribution is 5.66. The molecule has 2 spiro atoms. The molecule has 0 aliphatic heterocycles. The van der Waals surface area contributed by atoms with E-state index < -0.39 is 0 Å². The van der Waals surface area contributed by atoms with Gasteiger partial charge in [-0.3, -0.25) is 4.79 Å². The lowest BCUT2D eigenvalue weighted by atomic mass is 9.41. The second-order valence-corrected chi connectivity index (χ2v) is 15.4. The topological polar surface area (TPSA) is 26.3 Å². The molecule has 0 heterocycles. The molecule has 198 valence electrons. The van der Waals surface area contributed by atoms with E-state index in [0.717, 1.165) is 30.1 Å². The van der Waals surface area contributed by atoms with Crippen molar-refractivity contribution in [2.75, 3.05) is 0 Å². The summed E-state index contributed by atoms with van der Waals surface area (Å²) in [6.07, 6.45) is 15.0. The fraction of sp³-hybridized carbons (Fsp3) is 0.909. The van der Waals surface area contributed by atoms with Crippen molar-refractivity contribution >= 4 is 5.97 Å². The summed E-state index contributed by atoms with van der Waals surface area (Å²) in [6.45, 7) is 23.4. The van der Waals surface area contributed by atoms with E-state index in [2.05, 4.69) is 55.0 Å². The molecule has 0 N–H and O–H groups in total. The van der Waals surface area contributed by atoms with Crippen molar-refractivity contribution in [3.63, 3.8) is 0 Å². The van der Waals surface area contributed by atoms with Crippen molar-refractivity contribution in [2.24, 2.45) is 56.7 Å². The monoisotopic (exact) mass is 482 g/mol. The molecule has 5 rings (SSSR count). The first-order valence-electron chi connectivity index (χ1n) is 15.1. The lowest BCUT2D eigenvalue weighted by Gasteiger charge is -2.63. The summed E-state index contributed by atoms with van der Waals surface area (Å²) in [6, 6.07) is 0. The van der Waals surface area contributed by atoms with Crippen LogP contribution in [0.25, 0.3) is 0 Å². The average Bonchev–Trinajstić information content (AvgIpc) is 3.36. The summed E-state index contributed by atoms with van der Waals surface area (Å²) in [4.78, 5) is 11.9. The predicted octanol–water partition coefficient (Wildman–Crippen LogP) is 8.99. The number of allylic oxidation sites excluding steroid dienone is 1. The molecule has 5 aliphatic rings. The van der Waals surface area contributed by atoms with Crippen LogP contribution in [0, 0.1) is 56.7 Å². The highest BCUT2D eigenvalue weighted by Crippen LogP contribution is 2.89. The number of fused-ring (bicyclic) bond motifs is 2. The van der Waals surface area contributed by atoms with E-state index in [-0.39, 0.29) is 17.5 Å². The minimum Gasteiger partial charge on any atom is -0.462 e. The lowest BCUT2D eigenvalue weighted by Crippen LogP contribution is -2.58. The summed E-state index contributed by atoms with van der Waals surface area (Å²) >= 11 is 0. The van der Waals surface area contributed by atoms with Gasteiger partial charge in [-0.2, -0.15) is 0 Å². The van der Waals surface area contributed by atoms with E-state index in [1.165, 1.54) is 69.8 Å². The second-order valence-electron chi connectivity index (χ2n) is 15.4. The zero-order valence-corrected chi connectivity index (χ0v) is 24.3. The van der Waals surface area contributed by atoms with Crippen LogP contribution in [0.1, 0.15) is 126 Å². The standard InChI is InChI=1S/C33H54O2/c1-21(2)22(3)10-11-23(4)25-14-16-31(9)27-13-12-26-29(6,7)28(35-24(5)34)15-17-32(26)20-33(27,32)19-18-30(25,31)8/h21,23,25-28H,3,10-20H2,1-2,4-9H3. The number of rotatable bonds is 6. The maximum Gasteiger partial charge on any atom is 0.302 e. The van der Waals surface area contributed by atoms with Gasteiger partial charge in [-0.15, -0.1) is 0 Å². The van der Waals surface area contributed by atoms with Crippen molar-refractivity contribution in [2.45, 2.75) is 132 Å². The van der Waals surface area contributed by atoms with E-state index in [9.17, 15) is 4.79 Å². The third-order valence-electron chi connectivity index (χ3n) is 13.8. The van der Waals surface area contributed by atoms with Gasteiger partial charge in [0.15, 0.2) is 0 Å². The van der Waals surface area contributed by atoms with Crippen molar-refractivity contribution in [1.29, 1.82) is 0 Å². The molecular formula is C33H54O2. The minimum atomic E-state index is -0.0951. The third-order valence-corrected chi connectivity index (χ3v) is 13.8. The molecular weight excluding hydrogens is 428 g/mol. The molecule has 0 radical (unpaired) electrons. The fourth-order valence-corrected chi connectivity index (χ4v) is 11.6. The first-order valence-corrected chi connectivity index (χ1v) is 15.1. The van der Waals surface area contributed by atoms with Gasteiger partial charge in [-0.1, -0.05) is 60.6 Å². The molecule has 2 nitrogen and oxygen atoms in total. The van der Waals surface area contributed by atoms with Crippen LogP contribution in [-0.2, 0) is 9.53 Å². The van der Waals surface area contributed by atoms with Crippen LogP contribution in [0.4, 0.5) is 0 Å². The third kappa shape index (κ3) is 3.35. The number of carbonyl (C=O) groups excluding carboxylic acids is 1. The van der Waals surface area contributed by atoms with E-state index in [4.69, 9.17) is 4.74 Å². The van der Waals surface area contributed by atoms with Crippen molar-refractivity contribution in [3.05, 3.63) is 12.2 Å². The molecule has 0 saturated heterocycles. The average molecular weight is 483 g/mol. The largest absolute Gasteiger partial charge is 0.462 e. The Morgan fingerprint density at radius 3 is 2.20 bits per heavy atom. The highest BCUT2D eigenvalue weighted by Gasteiger charge is 2.82. The first kappa shape index (κ1) is 25.8. The number of carbonyl (C=O) groups is 1. The zero-order chi connectivity index (χ0) is 25.6. The van der Waals surface area contributed by atoms with Gasteiger partial charge in [-0.05, 0) is 122 Å². The Kier molecular flexibility index (Phi) is 5.98. The Labute approximate surface area is 216 Å². The van der Waals surface area contributed by atoms with Gasteiger partial charge in [0, 0.05) is 12.3 Å². The van der Waals surface area contributed by atoms with Crippen molar-refractivity contribution < 1.29 is 9.53 Å². The molecule has 35 heavy (non-hydrogen) atoms. The Morgan fingerprint density at radius 1 is 0.886 bits per heavy atom. The molecule has 9 unspecified atom stereocenters. The molecule has 0 aromatic carbocycles. The maximum absolute atomic E-state index is 11.9. The summed E-state index contributed by atoms with van der Waals surface area (Å²) in [5, 5.41) is 0. The number of esters is 1. The SMILES string of the molecule is C=C(CCC(C)C1CCC2(C)C3CCC4C(C)(C)C(OC(C)=O)CCC45CC35CCC12C)C(C)C. The molecule has 9 atom stereocenters. The zero-order valence-electron chi connectivity index (χ0n) is 24.3. The normalized spacial score (nSPS) is 48.3. The smallest absolute Gasteiger partial charge is 0.302 e. The molecule has 5 saturated carbocycles. The van der Waals surface area contributed by atoms with Gasteiger partial charge < -0.3 is 4.74 Å². The minimum absolute atomic E-state index is 0.0951. The van der Waals surface area contributed by atoms with E-state index >= 15 is 0 Å². The van der Waals surface area contributed by atoms with Gasteiger partial charge >= 0.3 is 5.97 Å². The Hall–Kier alpha value is -0.790. The van der Waals surface area contributed by atoms with Crippen LogP contribution in [-0.4, -0.2) is 12.1 Å². The van der Waals surface area contributed by atoms with Crippen molar-refractivity contribution in [1.82, 2.24) is 0 Å². The number of hydrogen-bond donors (Lipinski definition) is 0. The summed E-state index contributed by atoms with van der Waals surface area (Å²) in [5.41, 5.74) is 3.63. The van der Waals surface area contributed by atoms with Gasteiger partial charge in [0.25, 0.3) is 0 Å². The maximum atomic E-state index is 11.9. The number of ether oxygens (including phenoxy) is 1. The van der Waals surface area contributed by atoms with Crippen LogP contribution in [0.3, 0.4) is 0 Å². The lowest BCUT2D eigenvalue weighted by molar-refractivity contribution is -0.181. The fourth-order valence-electron chi connectivity index (χ4n) is 11.6. The molecule has 0 bridgehead atoms. The van der Waals surface area contributed by atoms with Crippen LogP contribution in [0.2, 0.25) is 0 Å². The van der Waals surface area contributed by atoms with E-state index in [1.807, 2.05) is 0 Å². The van der Waals surface area contributed by atoms with Crippen molar-refractivity contribution in [3.8, 4) is 0 Å². The van der Waals surface area contributed by atoms with Crippen LogP contribution >= 0.6 is 0 Å². The van der Waals surface area contributed by atoms with Gasteiger partial charge in [0.05, 0.1) is 0 Å². The summed E-state index contributed by atoms with van der Waals surface area (Å²) in [7, 11) is 0. The van der Waals surface area contributed by atoms with Gasteiger partial charge in [0.2, 0.25) is 0 Å². The highest BCUT2D eigenvalue weighted by atomic mass is 16.5.